The van der Waals surface area contributed by atoms with Crippen molar-refractivity contribution in [2.45, 2.75) is 25.7 Å². The predicted octanol–water partition coefficient (Wildman–Crippen LogP) is 1.54. The number of benzene rings is 1. The predicted molar refractivity (Wildman–Crippen MR) is 88.5 cm³/mol. The fourth-order valence-corrected chi connectivity index (χ4v) is 3.33. The van der Waals surface area contributed by atoms with Crippen molar-refractivity contribution in [1.82, 2.24) is 9.88 Å². The summed E-state index contributed by atoms with van der Waals surface area (Å²) in [7, 11) is 0. The number of para-hydroxylation sites is 1. The van der Waals surface area contributed by atoms with Crippen LogP contribution in [-0.2, 0) is 12.8 Å². The molecule has 0 atom stereocenters. The first-order chi connectivity index (χ1) is 11.3. The van der Waals surface area contributed by atoms with E-state index in [2.05, 4.69) is 0 Å². The van der Waals surface area contributed by atoms with E-state index in [9.17, 15) is 15.0 Å². The van der Waals surface area contributed by atoms with Crippen LogP contribution in [0.4, 0.5) is 0 Å². The van der Waals surface area contributed by atoms with Gasteiger partial charge in [0.05, 0.1) is 24.3 Å². The summed E-state index contributed by atoms with van der Waals surface area (Å²) < 4.78 is 0. The number of fused-ring (bicyclic) bond motifs is 2. The zero-order valence-corrected chi connectivity index (χ0v) is 13.2. The number of rotatable bonds is 5. The Bertz CT molecular complexity index is 709. The average molecular weight is 314 g/mol. The standard InChI is InChI=1S/C18H22N2O3/c21-11-9-20(10-12-22)18(23)17-13-5-1-3-7-15(13)19-16-8-4-2-6-14(16)17/h1,3,5,7,21-22H,2,4,6,8-12H2. The summed E-state index contributed by atoms with van der Waals surface area (Å²) in [5.74, 6) is -0.121. The molecular weight excluding hydrogens is 292 g/mol. The van der Waals surface area contributed by atoms with Crippen LogP contribution in [0.3, 0.4) is 0 Å². The molecule has 1 aliphatic rings. The second-order valence-electron chi connectivity index (χ2n) is 5.88. The first-order valence-electron chi connectivity index (χ1n) is 8.17. The van der Waals surface area contributed by atoms with Gasteiger partial charge in [0.25, 0.3) is 5.91 Å². The van der Waals surface area contributed by atoms with Gasteiger partial charge < -0.3 is 15.1 Å². The monoisotopic (exact) mass is 314 g/mol. The number of nitrogens with zero attached hydrogens (tertiary/aromatic N) is 2. The molecule has 2 aromatic rings. The van der Waals surface area contributed by atoms with Crippen molar-refractivity contribution in [3.63, 3.8) is 0 Å². The highest BCUT2D eigenvalue weighted by Crippen LogP contribution is 2.30. The van der Waals surface area contributed by atoms with Crippen molar-refractivity contribution in [1.29, 1.82) is 0 Å². The highest BCUT2D eigenvalue weighted by Gasteiger charge is 2.25. The Labute approximate surface area is 135 Å². The summed E-state index contributed by atoms with van der Waals surface area (Å²) >= 11 is 0. The number of hydrogen-bond acceptors (Lipinski definition) is 4. The van der Waals surface area contributed by atoms with Crippen molar-refractivity contribution in [2.24, 2.45) is 0 Å². The lowest BCUT2D eigenvalue weighted by molar-refractivity contribution is 0.0685. The zero-order chi connectivity index (χ0) is 16.2. The average Bonchev–Trinajstić information content (AvgIpc) is 2.59. The van der Waals surface area contributed by atoms with E-state index in [1.54, 1.807) is 0 Å². The first-order valence-corrected chi connectivity index (χ1v) is 8.17. The van der Waals surface area contributed by atoms with Gasteiger partial charge in [0, 0.05) is 24.2 Å². The lowest BCUT2D eigenvalue weighted by Crippen LogP contribution is -2.37. The van der Waals surface area contributed by atoms with E-state index >= 15 is 0 Å². The van der Waals surface area contributed by atoms with Gasteiger partial charge in [-0.2, -0.15) is 0 Å². The molecule has 0 aliphatic heterocycles. The van der Waals surface area contributed by atoms with E-state index in [4.69, 9.17) is 4.98 Å². The summed E-state index contributed by atoms with van der Waals surface area (Å²) in [5, 5.41) is 19.3. The Morgan fingerprint density at radius 1 is 1.09 bits per heavy atom. The number of hydrogen-bond donors (Lipinski definition) is 2. The van der Waals surface area contributed by atoms with Gasteiger partial charge in [-0.25, -0.2) is 0 Å². The lowest BCUT2D eigenvalue weighted by atomic mass is 9.89. The summed E-state index contributed by atoms with van der Waals surface area (Å²) in [5.41, 5.74) is 3.60. The molecule has 0 saturated carbocycles. The number of carbonyl (C=O) groups is 1. The summed E-state index contributed by atoms with van der Waals surface area (Å²) in [6.45, 7) is 0.226. The summed E-state index contributed by atoms with van der Waals surface area (Å²) in [6.07, 6.45) is 3.93. The molecule has 122 valence electrons. The quantitative estimate of drug-likeness (QED) is 0.878. The van der Waals surface area contributed by atoms with Crippen LogP contribution in [0.15, 0.2) is 24.3 Å². The minimum Gasteiger partial charge on any atom is -0.395 e. The van der Waals surface area contributed by atoms with E-state index in [0.717, 1.165) is 47.8 Å². The van der Waals surface area contributed by atoms with Gasteiger partial charge in [0.15, 0.2) is 0 Å². The number of carbonyl (C=O) groups excluding carboxylic acids is 1. The molecule has 23 heavy (non-hydrogen) atoms. The minimum atomic E-state index is -0.121. The Morgan fingerprint density at radius 2 is 1.78 bits per heavy atom. The van der Waals surface area contributed by atoms with Crippen molar-refractivity contribution >= 4 is 16.8 Å². The fourth-order valence-electron chi connectivity index (χ4n) is 3.33. The Hall–Kier alpha value is -1.98. The second kappa shape index (κ2) is 7.06. The van der Waals surface area contributed by atoms with E-state index in [1.807, 2.05) is 24.3 Å². The molecule has 1 aromatic heterocycles. The molecule has 1 heterocycles. The summed E-state index contributed by atoms with van der Waals surface area (Å²) in [4.78, 5) is 19.4. The minimum absolute atomic E-state index is 0.114. The van der Waals surface area contributed by atoms with Crippen LogP contribution < -0.4 is 0 Å². The van der Waals surface area contributed by atoms with Crippen LogP contribution in [0.5, 0.6) is 0 Å². The maximum absolute atomic E-state index is 13.1. The van der Waals surface area contributed by atoms with Gasteiger partial charge in [-0.05, 0) is 37.3 Å². The normalized spacial score (nSPS) is 13.8. The Balaban J connectivity index is 2.15. The van der Waals surface area contributed by atoms with Crippen molar-refractivity contribution in [2.75, 3.05) is 26.3 Å². The maximum Gasteiger partial charge on any atom is 0.255 e. The van der Waals surface area contributed by atoms with E-state index in [0.29, 0.717) is 5.56 Å². The molecular formula is C18H22N2O3. The molecule has 5 heteroatoms. The number of aliphatic hydroxyl groups is 2. The number of amides is 1. The Kier molecular flexibility index (Phi) is 4.88. The van der Waals surface area contributed by atoms with Gasteiger partial charge in [-0.3, -0.25) is 9.78 Å². The molecule has 0 unspecified atom stereocenters. The van der Waals surface area contributed by atoms with Crippen molar-refractivity contribution in [3.8, 4) is 0 Å². The number of aliphatic hydroxyl groups excluding tert-OH is 2. The smallest absolute Gasteiger partial charge is 0.255 e. The molecule has 1 aliphatic carbocycles. The number of aryl methyl sites for hydroxylation is 1. The van der Waals surface area contributed by atoms with Gasteiger partial charge in [-0.15, -0.1) is 0 Å². The van der Waals surface area contributed by atoms with Crippen LogP contribution in [0, 0.1) is 0 Å². The lowest BCUT2D eigenvalue weighted by Gasteiger charge is -2.25. The van der Waals surface area contributed by atoms with Crippen LogP contribution in [0.1, 0.15) is 34.5 Å². The molecule has 0 fully saturated rings. The molecule has 5 nitrogen and oxygen atoms in total. The van der Waals surface area contributed by atoms with Crippen LogP contribution in [0.2, 0.25) is 0 Å². The van der Waals surface area contributed by atoms with Gasteiger partial charge in [0.1, 0.15) is 0 Å². The third-order valence-corrected chi connectivity index (χ3v) is 4.41. The van der Waals surface area contributed by atoms with Crippen LogP contribution in [-0.4, -0.2) is 52.3 Å². The highest BCUT2D eigenvalue weighted by atomic mass is 16.3. The number of aromatic nitrogens is 1. The SMILES string of the molecule is O=C(c1c2c(nc3ccccc13)CCCC2)N(CCO)CCO. The van der Waals surface area contributed by atoms with Crippen LogP contribution in [0.25, 0.3) is 10.9 Å². The molecule has 1 amide bonds. The van der Waals surface area contributed by atoms with Gasteiger partial charge in [0.2, 0.25) is 0 Å². The third kappa shape index (κ3) is 3.07. The molecule has 0 spiro atoms. The van der Waals surface area contributed by atoms with E-state index < -0.39 is 0 Å². The van der Waals surface area contributed by atoms with Gasteiger partial charge in [-0.1, -0.05) is 18.2 Å². The first kappa shape index (κ1) is 15.9. The number of pyridine rings is 1. The Morgan fingerprint density at radius 3 is 2.52 bits per heavy atom. The second-order valence-corrected chi connectivity index (χ2v) is 5.88. The molecule has 0 radical (unpaired) electrons. The van der Waals surface area contributed by atoms with E-state index in [1.165, 1.54) is 4.90 Å². The fraction of sp³-hybridized carbons (Fsp3) is 0.444. The zero-order valence-electron chi connectivity index (χ0n) is 13.2. The molecule has 1 aromatic carbocycles. The van der Waals surface area contributed by atoms with Crippen molar-refractivity contribution in [3.05, 3.63) is 41.1 Å². The topological polar surface area (TPSA) is 73.7 Å². The maximum atomic E-state index is 13.1. The largest absolute Gasteiger partial charge is 0.395 e. The van der Waals surface area contributed by atoms with Gasteiger partial charge >= 0.3 is 0 Å². The van der Waals surface area contributed by atoms with Crippen LogP contribution >= 0.6 is 0 Å². The molecule has 3 rings (SSSR count). The molecule has 0 bridgehead atoms. The van der Waals surface area contributed by atoms with E-state index in [-0.39, 0.29) is 32.2 Å². The molecule has 0 saturated heterocycles. The third-order valence-electron chi connectivity index (χ3n) is 4.41. The van der Waals surface area contributed by atoms with Crippen molar-refractivity contribution < 1.29 is 15.0 Å². The highest BCUT2D eigenvalue weighted by molar-refractivity contribution is 6.07. The summed E-state index contributed by atoms with van der Waals surface area (Å²) in [6, 6.07) is 7.71. The molecule has 2 N–H and O–H groups in total.